The molecule has 0 spiro atoms. The number of methoxy groups -OCH3 is 1. The van der Waals surface area contributed by atoms with Crippen LogP contribution in [0.1, 0.15) is 16.7 Å². The van der Waals surface area contributed by atoms with Gasteiger partial charge in [0.15, 0.2) is 5.82 Å². The molecule has 0 aliphatic carbocycles. The molecule has 37 heavy (non-hydrogen) atoms. The Morgan fingerprint density at radius 3 is 2.65 bits per heavy atom. The summed E-state index contributed by atoms with van der Waals surface area (Å²) < 4.78 is 70.9. The van der Waals surface area contributed by atoms with Crippen molar-refractivity contribution in [2.75, 3.05) is 7.11 Å². The summed E-state index contributed by atoms with van der Waals surface area (Å²) in [4.78, 5) is 20.4. The van der Waals surface area contributed by atoms with Gasteiger partial charge in [-0.05, 0) is 54.4 Å². The average molecular weight is 513 g/mol. The lowest BCUT2D eigenvalue weighted by molar-refractivity contribution is -0.137. The van der Waals surface area contributed by atoms with E-state index < -0.39 is 29.1 Å². The topological polar surface area (TPSA) is 75.5 Å². The Morgan fingerprint density at radius 2 is 1.89 bits per heavy atom. The maximum atomic E-state index is 14.6. The van der Waals surface area contributed by atoms with Crippen LogP contribution < -0.4 is 19.9 Å². The fraction of sp³-hybridized carbons (Fsp3) is 0.192. The lowest BCUT2D eigenvalue weighted by Gasteiger charge is -2.22. The van der Waals surface area contributed by atoms with Crippen molar-refractivity contribution >= 4 is 0 Å². The van der Waals surface area contributed by atoms with Crippen LogP contribution in [0.3, 0.4) is 0 Å². The first kappa shape index (κ1) is 24.3. The summed E-state index contributed by atoms with van der Waals surface area (Å²) in [5.41, 5.74) is 1.44. The van der Waals surface area contributed by atoms with Crippen molar-refractivity contribution in [3.63, 3.8) is 0 Å². The fourth-order valence-corrected chi connectivity index (χ4v) is 4.01. The van der Waals surface area contributed by atoms with Gasteiger partial charge in [0.1, 0.15) is 18.1 Å². The quantitative estimate of drug-likeness (QED) is 0.322. The second-order valence-corrected chi connectivity index (χ2v) is 8.23. The molecule has 2 aromatic heterocycles. The number of aryl methyl sites for hydroxylation is 1. The van der Waals surface area contributed by atoms with Crippen molar-refractivity contribution < 1.29 is 31.8 Å². The van der Waals surface area contributed by atoms with Gasteiger partial charge in [0.05, 0.1) is 18.4 Å². The highest BCUT2D eigenvalue weighted by Gasteiger charge is 2.30. The molecule has 0 N–H and O–H groups in total. The lowest BCUT2D eigenvalue weighted by Crippen LogP contribution is -2.28. The van der Waals surface area contributed by atoms with Gasteiger partial charge in [0.2, 0.25) is 5.88 Å². The van der Waals surface area contributed by atoms with Gasteiger partial charge in [0.25, 0.3) is 5.88 Å². The molecule has 2 aromatic carbocycles. The molecule has 3 heterocycles. The zero-order valence-electron chi connectivity index (χ0n) is 19.4. The maximum Gasteiger partial charge on any atom is 0.416 e. The van der Waals surface area contributed by atoms with E-state index in [4.69, 9.17) is 14.2 Å². The fourth-order valence-electron chi connectivity index (χ4n) is 4.01. The molecule has 190 valence electrons. The second kappa shape index (κ2) is 9.57. The molecule has 7 nitrogen and oxygen atoms in total. The number of rotatable bonds is 6. The summed E-state index contributed by atoms with van der Waals surface area (Å²) in [6.07, 6.45) is -2.64. The molecule has 0 radical (unpaired) electrons. The highest BCUT2D eigenvalue weighted by Crippen LogP contribution is 2.34. The van der Waals surface area contributed by atoms with Crippen molar-refractivity contribution in [1.29, 1.82) is 0 Å². The molecule has 0 atom stereocenters. The number of fused-ring (bicyclic) bond motifs is 3. The highest BCUT2D eigenvalue weighted by atomic mass is 19.4. The van der Waals surface area contributed by atoms with E-state index in [0.29, 0.717) is 24.2 Å². The summed E-state index contributed by atoms with van der Waals surface area (Å²) in [5, 5.41) is 0. The van der Waals surface area contributed by atoms with Crippen LogP contribution in [0.15, 0.2) is 65.6 Å². The molecule has 5 rings (SSSR count). The predicted molar refractivity (Wildman–Crippen MR) is 124 cm³/mol. The molecule has 1 aliphatic heterocycles. The van der Waals surface area contributed by atoms with E-state index in [-0.39, 0.29) is 18.2 Å². The van der Waals surface area contributed by atoms with E-state index in [1.54, 1.807) is 23.8 Å². The Kier molecular flexibility index (Phi) is 6.28. The minimum atomic E-state index is -4.56. The van der Waals surface area contributed by atoms with Crippen molar-refractivity contribution in [2.45, 2.75) is 25.7 Å². The van der Waals surface area contributed by atoms with Gasteiger partial charge in [-0.2, -0.15) is 18.2 Å². The lowest BCUT2D eigenvalue weighted by atomic mass is 9.97. The van der Waals surface area contributed by atoms with Crippen LogP contribution in [-0.2, 0) is 25.7 Å². The Hall–Kier alpha value is -4.41. The van der Waals surface area contributed by atoms with Gasteiger partial charge in [-0.3, -0.25) is 4.57 Å². The third-order valence-corrected chi connectivity index (χ3v) is 5.81. The van der Waals surface area contributed by atoms with E-state index >= 15 is 0 Å². The third-order valence-electron chi connectivity index (χ3n) is 5.81. The first-order valence-electron chi connectivity index (χ1n) is 11.1. The van der Waals surface area contributed by atoms with Crippen LogP contribution in [0.2, 0.25) is 0 Å². The molecular weight excluding hydrogens is 494 g/mol. The normalized spacial score (nSPS) is 12.5. The minimum Gasteiger partial charge on any atom is -0.497 e. The zero-order chi connectivity index (χ0) is 26.2. The Labute approximate surface area is 207 Å². The minimum absolute atomic E-state index is 0.0598. The number of aromatic nitrogens is 3. The number of hydrogen-bond acceptors (Lipinski definition) is 6. The first-order chi connectivity index (χ1) is 17.7. The van der Waals surface area contributed by atoms with Crippen LogP contribution >= 0.6 is 0 Å². The van der Waals surface area contributed by atoms with Crippen molar-refractivity contribution in [2.24, 2.45) is 0 Å². The van der Waals surface area contributed by atoms with Gasteiger partial charge < -0.3 is 14.2 Å². The number of halogens is 4. The predicted octanol–water partition coefficient (Wildman–Crippen LogP) is 5.40. The number of ether oxygens (including phenoxy) is 3. The standard InChI is InChI=1S/C26H19F4N3O4/c1-35-18-5-6-20-16(10-18)7-8-33-22(20)12-23(32-25(33)34)36-14-15-9-21(27)24(31-13-15)37-19-4-2-3-17(11-19)26(28,29)30/h2-6,9-13H,7-8,14H2,1H3. The first-order valence-corrected chi connectivity index (χ1v) is 11.1. The largest absolute Gasteiger partial charge is 0.497 e. The van der Waals surface area contributed by atoms with Crippen LogP contribution in [0.25, 0.3) is 11.3 Å². The molecule has 0 amide bonds. The van der Waals surface area contributed by atoms with Gasteiger partial charge in [-0.25, -0.2) is 14.2 Å². The number of pyridine rings is 1. The number of hydrogen-bond donors (Lipinski definition) is 0. The molecule has 0 bridgehead atoms. The monoisotopic (exact) mass is 513 g/mol. The molecule has 4 aromatic rings. The van der Waals surface area contributed by atoms with E-state index in [9.17, 15) is 22.4 Å². The number of benzene rings is 2. The van der Waals surface area contributed by atoms with Crippen LogP contribution in [0.5, 0.6) is 23.3 Å². The molecular formula is C26H19F4N3O4. The Bertz CT molecular complexity index is 1540. The SMILES string of the molecule is COc1ccc2c(c1)CCn1c-2cc(OCc2cnc(Oc3cccc(C(F)(F)F)c3)c(F)c2)nc1=O. The van der Waals surface area contributed by atoms with E-state index in [1.807, 2.05) is 12.1 Å². The van der Waals surface area contributed by atoms with Crippen molar-refractivity contribution in [3.8, 4) is 34.5 Å². The Morgan fingerprint density at radius 1 is 1.05 bits per heavy atom. The summed E-state index contributed by atoms with van der Waals surface area (Å²) in [6.45, 7) is 0.309. The number of nitrogens with zero attached hydrogens (tertiary/aromatic N) is 3. The average Bonchev–Trinajstić information content (AvgIpc) is 2.88. The molecule has 0 fully saturated rings. The van der Waals surface area contributed by atoms with Gasteiger partial charge in [-0.15, -0.1) is 0 Å². The molecule has 0 saturated heterocycles. The van der Waals surface area contributed by atoms with Gasteiger partial charge in [0, 0.05) is 29.9 Å². The van der Waals surface area contributed by atoms with Crippen LogP contribution in [-0.4, -0.2) is 21.6 Å². The van der Waals surface area contributed by atoms with Gasteiger partial charge in [-0.1, -0.05) is 6.07 Å². The van der Waals surface area contributed by atoms with Crippen LogP contribution in [0, 0.1) is 5.82 Å². The smallest absolute Gasteiger partial charge is 0.416 e. The summed E-state index contributed by atoms with van der Waals surface area (Å²) in [5.74, 6) is -0.804. The zero-order valence-corrected chi connectivity index (χ0v) is 19.4. The summed E-state index contributed by atoms with van der Waals surface area (Å²) >= 11 is 0. The molecule has 11 heteroatoms. The van der Waals surface area contributed by atoms with E-state index in [2.05, 4.69) is 9.97 Å². The maximum absolute atomic E-state index is 14.6. The van der Waals surface area contributed by atoms with Gasteiger partial charge >= 0.3 is 11.9 Å². The highest BCUT2D eigenvalue weighted by molar-refractivity contribution is 5.67. The third kappa shape index (κ3) is 5.11. The Balaban J connectivity index is 1.32. The van der Waals surface area contributed by atoms with Crippen molar-refractivity contribution in [1.82, 2.24) is 14.5 Å². The number of alkyl halides is 3. The molecule has 1 aliphatic rings. The summed E-state index contributed by atoms with van der Waals surface area (Å²) in [7, 11) is 1.58. The van der Waals surface area contributed by atoms with Crippen LogP contribution in [0.4, 0.5) is 17.6 Å². The molecule has 0 unspecified atom stereocenters. The van der Waals surface area contributed by atoms with E-state index in [1.165, 1.54) is 12.3 Å². The second-order valence-electron chi connectivity index (χ2n) is 8.23. The molecule has 0 saturated carbocycles. The van der Waals surface area contributed by atoms with E-state index in [0.717, 1.165) is 41.1 Å². The summed E-state index contributed by atoms with van der Waals surface area (Å²) in [6, 6.07) is 12.4. The van der Waals surface area contributed by atoms with Crippen molar-refractivity contribution in [3.05, 3.63) is 93.8 Å².